The molecule has 0 heterocycles. The topological polar surface area (TPSA) is 38.3 Å². The Kier molecular flexibility index (Phi) is 4.44. The van der Waals surface area contributed by atoms with Gasteiger partial charge in [-0.3, -0.25) is 4.79 Å². The van der Waals surface area contributed by atoms with E-state index in [9.17, 15) is 18.0 Å². The Balaban J connectivity index is 2.62. The first-order chi connectivity index (χ1) is 8.60. The van der Waals surface area contributed by atoms with Crippen LogP contribution in [0.5, 0.6) is 0 Å². The number of ether oxygens (including phenoxy) is 1. The molecule has 0 radical (unpaired) electrons. The zero-order valence-corrected chi connectivity index (χ0v) is 11.0. The summed E-state index contributed by atoms with van der Waals surface area (Å²) in [6, 6.07) is 4.68. The quantitative estimate of drug-likeness (QED) is 0.855. The van der Waals surface area contributed by atoms with Crippen molar-refractivity contribution in [3.8, 4) is 0 Å². The summed E-state index contributed by atoms with van der Waals surface area (Å²) in [6.07, 6.45) is -4.34. The van der Waals surface area contributed by atoms with E-state index in [0.29, 0.717) is 12.2 Å². The smallest absolute Gasteiger partial charge is 0.416 e. The van der Waals surface area contributed by atoms with Crippen molar-refractivity contribution in [1.29, 1.82) is 0 Å². The highest BCUT2D eigenvalue weighted by molar-refractivity contribution is 5.66. The number of benzene rings is 1. The molecule has 1 rings (SSSR count). The molecule has 0 aromatic heterocycles. The highest BCUT2D eigenvalue weighted by Crippen LogP contribution is 2.29. The summed E-state index contributed by atoms with van der Waals surface area (Å²) in [5.41, 5.74) is -0.889. The van der Waals surface area contributed by atoms with E-state index in [0.717, 1.165) is 12.1 Å². The molecule has 1 aromatic rings. The Bertz CT molecular complexity index is 438. The lowest BCUT2D eigenvalue weighted by atomic mass is 10.1. The van der Waals surface area contributed by atoms with Crippen LogP contribution in [0.15, 0.2) is 24.3 Å². The summed E-state index contributed by atoms with van der Waals surface area (Å²) in [4.78, 5) is 10.9. The van der Waals surface area contributed by atoms with Crippen molar-refractivity contribution in [1.82, 2.24) is 0 Å². The third-order valence-corrected chi connectivity index (χ3v) is 2.35. The van der Waals surface area contributed by atoms with Gasteiger partial charge in [-0.15, -0.1) is 0 Å². The second-order valence-corrected chi connectivity index (χ2v) is 4.78. The average molecular weight is 275 g/mol. The standard InChI is InChI=1S/C13H16F3NO2/c1-9(18)19-12(2,3)8-17-11-6-4-10(5-7-11)13(14,15)16/h4-7,17H,8H2,1-3H3. The minimum atomic E-state index is -4.34. The van der Waals surface area contributed by atoms with Crippen LogP contribution in [-0.2, 0) is 15.7 Å². The van der Waals surface area contributed by atoms with Crippen molar-refractivity contribution in [2.45, 2.75) is 32.5 Å². The van der Waals surface area contributed by atoms with Gasteiger partial charge in [0.1, 0.15) is 5.60 Å². The lowest BCUT2D eigenvalue weighted by molar-refractivity contribution is -0.152. The van der Waals surface area contributed by atoms with Gasteiger partial charge in [-0.05, 0) is 38.1 Å². The van der Waals surface area contributed by atoms with Gasteiger partial charge in [-0.25, -0.2) is 0 Å². The molecule has 1 N–H and O–H groups in total. The Morgan fingerprint density at radius 3 is 2.16 bits per heavy atom. The van der Waals surface area contributed by atoms with Gasteiger partial charge in [0.05, 0.1) is 12.1 Å². The van der Waals surface area contributed by atoms with Gasteiger partial charge < -0.3 is 10.1 Å². The summed E-state index contributed by atoms with van der Waals surface area (Å²) in [6.45, 7) is 5.04. The van der Waals surface area contributed by atoms with E-state index in [1.54, 1.807) is 13.8 Å². The number of halogens is 3. The largest absolute Gasteiger partial charge is 0.458 e. The maximum absolute atomic E-state index is 12.4. The molecule has 0 unspecified atom stereocenters. The predicted octanol–water partition coefficient (Wildman–Crippen LogP) is 3.46. The Morgan fingerprint density at radius 2 is 1.74 bits per heavy atom. The summed E-state index contributed by atoms with van der Waals surface area (Å²) in [5.74, 6) is -0.404. The normalized spacial score (nSPS) is 12.1. The molecular formula is C13H16F3NO2. The molecule has 0 bridgehead atoms. The number of nitrogens with one attached hydrogen (secondary N) is 1. The van der Waals surface area contributed by atoms with Gasteiger partial charge in [0.2, 0.25) is 0 Å². The van der Waals surface area contributed by atoms with Crippen molar-refractivity contribution < 1.29 is 22.7 Å². The van der Waals surface area contributed by atoms with E-state index in [-0.39, 0.29) is 0 Å². The second-order valence-electron chi connectivity index (χ2n) is 4.78. The first-order valence-corrected chi connectivity index (χ1v) is 5.71. The number of hydrogen-bond acceptors (Lipinski definition) is 3. The van der Waals surface area contributed by atoms with Crippen LogP contribution < -0.4 is 5.32 Å². The SMILES string of the molecule is CC(=O)OC(C)(C)CNc1ccc(C(F)(F)F)cc1. The van der Waals surface area contributed by atoms with E-state index in [1.165, 1.54) is 19.1 Å². The third kappa shape index (κ3) is 5.19. The van der Waals surface area contributed by atoms with Crippen molar-refractivity contribution in [3.05, 3.63) is 29.8 Å². The van der Waals surface area contributed by atoms with Gasteiger partial charge in [0.25, 0.3) is 0 Å². The van der Waals surface area contributed by atoms with E-state index in [1.807, 2.05) is 0 Å². The van der Waals surface area contributed by atoms with Crippen LogP contribution in [0.1, 0.15) is 26.3 Å². The van der Waals surface area contributed by atoms with E-state index < -0.39 is 23.3 Å². The van der Waals surface area contributed by atoms with Gasteiger partial charge in [0.15, 0.2) is 0 Å². The molecule has 106 valence electrons. The molecule has 0 aliphatic rings. The minimum absolute atomic E-state index is 0.304. The number of hydrogen-bond donors (Lipinski definition) is 1. The molecule has 0 aliphatic carbocycles. The summed E-state index contributed by atoms with van der Waals surface area (Å²) in [7, 11) is 0. The molecule has 0 saturated carbocycles. The highest BCUT2D eigenvalue weighted by Gasteiger charge is 2.30. The molecule has 19 heavy (non-hydrogen) atoms. The van der Waals surface area contributed by atoms with Crippen molar-refractivity contribution in [2.75, 3.05) is 11.9 Å². The van der Waals surface area contributed by atoms with Crippen molar-refractivity contribution >= 4 is 11.7 Å². The maximum Gasteiger partial charge on any atom is 0.416 e. The van der Waals surface area contributed by atoms with Gasteiger partial charge in [-0.1, -0.05) is 0 Å². The number of carbonyl (C=O) groups excluding carboxylic acids is 1. The highest BCUT2D eigenvalue weighted by atomic mass is 19.4. The number of esters is 1. The first-order valence-electron chi connectivity index (χ1n) is 5.71. The predicted molar refractivity (Wildman–Crippen MR) is 65.8 cm³/mol. The zero-order valence-electron chi connectivity index (χ0n) is 11.0. The van der Waals surface area contributed by atoms with E-state index >= 15 is 0 Å². The number of rotatable bonds is 4. The Morgan fingerprint density at radius 1 is 1.21 bits per heavy atom. The van der Waals surface area contributed by atoms with Gasteiger partial charge >= 0.3 is 12.1 Å². The Labute approximate surface area is 109 Å². The molecule has 0 atom stereocenters. The van der Waals surface area contributed by atoms with E-state index in [2.05, 4.69) is 5.32 Å². The third-order valence-electron chi connectivity index (χ3n) is 2.35. The Hall–Kier alpha value is -1.72. The fourth-order valence-corrected chi connectivity index (χ4v) is 1.52. The zero-order chi connectivity index (χ0) is 14.7. The van der Waals surface area contributed by atoms with E-state index in [4.69, 9.17) is 4.74 Å². The molecular weight excluding hydrogens is 259 g/mol. The van der Waals surface area contributed by atoms with Crippen LogP contribution in [0.4, 0.5) is 18.9 Å². The number of anilines is 1. The molecule has 0 spiro atoms. The van der Waals surface area contributed by atoms with Crippen molar-refractivity contribution in [3.63, 3.8) is 0 Å². The summed E-state index contributed by atoms with van der Waals surface area (Å²) < 4.78 is 42.1. The summed E-state index contributed by atoms with van der Waals surface area (Å²) in [5, 5.41) is 2.92. The molecule has 6 heteroatoms. The second kappa shape index (κ2) is 5.50. The lowest BCUT2D eigenvalue weighted by Crippen LogP contribution is -2.35. The molecule has 3 nitrogen and oxygen atoms in total. The minimum Gasteiger partial charge on any atom is -0.458 e. The van der Waals surface area contributed by atoms with Crippen LogP contribution in [0.2, 0.25) is 0 Å². The monoisotopic (exact) mass is 275 g/mol. The fourth-order valence-electron chi connectivity index (χ4n) is 1.52. The summed E-state index contributed by atoms with van der Waals surface area (Å²) >= 11 is 0. The first kappa shape index (κ1) is 15.3. The average Bonchev–Trinajstić information content (AvgIpc) is 2.24. The molecule has 0 saturated heterocycles. The number of alkyl halides is 3. The maximum atomic E-state index is 12.4. The van der Waals surface area contributed by atoms with Crippen LogP contribution in [0.3, 0.4) is 0 Å². The van der Waals surface area contributed by atoms with Crippen LogP contribution in [-0.4, -0.2) is 18.1 Å². The van der Waals surface area contributed by atoms with Gasteiger partial charge in [-0.2, -0.15) is 13.2 Å². The van der Waals surface area contributed by atoms with Crippen molar-refractivity contribution in [2.24, 2.45) is 0 Å². The van der Waals surface area contributed by atoms with Crippen LogP contribution in [0, 0.1) is 0 Å². The molecule has 0 aliphatic heterocycles. The molecule has 0 fully saturated rings. The lowest BCUT2D eigenvalue weighted by Gasteiger charge is -2.25. The fraction of sp³-hybridized carbons (Fsp3) is 0.462. The van der Waals surface area contributed by atoms with Crippen LogP contribution >= 0.6 is 0 Å². The molecule has 1 aromatic carbocycles. The number of carbonyl (C=O) groups is 1. The van der Waals surface area contributed by atoms with Crippen LogP contribution in [0.25, 0.3) is 0 Å². The molecule has 0 amide bonds. The van der Waals surface area contributed by atoms with Gasteiger partial charge in [0, 0.05) is 12.6 Å².